The maximum Gasteiger partial charge on any atom is 0.194 e. The second-order valence-corrected chi connectivity index (χ2v) is 23.0. The highest BCUT2D eigenvalue weighted by Gasteiger charge is 2.22. The van der Waals surface area contributed by atoms with Crippen LogP contribution in [-0.2, 0) is 25.7 Å². The predicted octanol–water partition coefficient (Wildman–Crippen LogP) is 25.6. The molecule has 100 heavy (non-hydrogen) atoms. The summed E-state index contributed by atoms with van der Waals surface area (Å²) in [4.78, 5) is 0. The standard InChI is InChI=1S/C21H15F5.C21H16F4.C20H13F5.C20H14F4/c1-2-3-12-4-6-13(7-5-12)14-8-16(22)20(17(23)9-14)15-10-18(24)21(26)19(25)11-15;1-2-3-13-4-6-14(7-5-13)15-8-9-17(18(22)10-15)16-11-19(23)21(25)20(24)12-16;1-2-11-3-5-12(6-4-11)13-7-15(21)19(16(22)8-13)14-9-17(23)20(25)18(24)10-14;1-2-12-3-5-13(6-4-12)14-7-8-16(17(21)9-14)15-10-18(22)20(24)19(23)11-15/h4-11H,2-3H2,1H3;4-12H,2-3H2,1H3;3-10H,2H2,1H3;3-11H,2H2,1H3. The molecule has 0 fully saturated rings. The zero-order valence-corrected chi connectivity index (χ0v) is 53.7. The molecule has 0 amide bonds. The Morgan fingerprint density at radius 2 is 0.380 bits per heavy atom. The third kappa shape index (κ3) is 17.4. The molecule has 0 aliphatic heterocycles. The molecule has 0 bridgehead atoms. The SMILES string of the molecule is CCCc1ccc(-c2cc(F)c(-c3cc(F)c(F)c(F)c3)c(F)c2)cc1.CCCc1ccc(-c2ccc(-c3cc(F)c(F)c(F)c3)c(F)c2)cc1.CCc1ccc(-c2cc(F)c(-c3cc(F)c(F)c(F)c3)c(F)c2)cc1.CCc1ccc(-c2ccc(-c3cc(F)c(F)c(F)c3)c(F)c2)cc1. The third-order valence-corrected chi connectivity index (χ3v) is 16.2. The highest BCUT2D eigenvalue weighted by Crippen LogP contribution is 2.37. The molecule has 0 N–H and O–H groups in total. The normalized spacial score (nSPS) is 10.9. The quantitative estimate of drug-likeness (QED) is 0.0752. The summed E-state index contributed by atoms with van der Waals surface area (Å²) < 4.78 is 246. The van der Waals surface area contributed by atoms with E-state index in [2.05, 4.69) is 13.8 Å². The van der Waals surface area contributed by atoms with E-state index in [1.165, 1.54) is 35.4 Å². The molecule has 0 radical (unpaired) electrons. The van der Waals surface area contributed by atoms with Gasteiger partial charge in [0.2, 0.25) is 0 Å². The number of rotatable bonds is 14. The molecule has 0 unspecified atom stereocenters. The molecule has 0 saturated heterocycles. The molecular weight excluding hydrogens is 1330 g/mol. The van der Waals surface area contributed by atoms with Gasteiger partial charge < -0.3 is 0 Å². The van der Waals surface area contributed by atoms with Crippen LogP contribution in [0.15, 0.2) is 206 Å². The fourth-order valence-electron chi connectivity index (χ4n) is 10.9. The van der Waals surface area contributed by atoms with E-state index in [1.54, 1.807) is 36.4 Å². The minimum atomic E-state index is -1.68. The lowest BCUT2D eigenvalue weighted by atomic mass is 9.97. The van der Waals surface area contributed by atoms with Crippen molar-refractivity contribution in [3.63, 3.8) is 0 Å². The van der Waals surface area contributed by atoms with Crippen molar-refractivity contribution < 1.29 is 79.0 Å². The van der Waals surface area contributed by atoms with Gasteiger partial charge in [-0.2, -0.15) is 0 Å². The summed E-state index contributed by atoms with van der Waals surface area (Å²) in [6.45, 7) is 8.19. The van der Waals surface area contributed by atoms with Crippen LogP contribution >= 0.6 is 0 Å². The Kier molecular flexibility index (Phi) is 24.2. The smallest absolute Gasteiger partial charge is 0.194 e. The molecule has 512 valence electrons. The van der Waals surface area contributed by atoms with Crippen molar-refractivity contribution in [2.24, 2.45) is 0 Å². The van der Waals surface area contributed by atoms with Gasteiger partial charge in [0.25, 0.3) is 0 Å². The van der Waals surface area contributed by atoms with Crippen molar-refractivity contribution in [2.45, 2.75) is 66.2 Å². The Bertz CT molecular complexity index is 4750. The van der Waals surface area contributed by atoms with E-state index in [-0.39, 0.29) is 22.3 Å². The average Bonchev–Trinajstić information content (AvgIpc) is 0.800. The van der Waals surface area contributed by atoms with E-state index >= 15 is 0 Å². The molecule has 0 aliphatic carbocycles. The van der Waals surface area contributed by atoms with Crippen molar-refractivity contribution in [2.75, 3.05) is 0 Å². The molecule has 0 atom stereocenters. The Labute approximate surface area is 565 Å². The second kappa shape index (κ2) is 32.8. The van der Waals surface area contributed by atoms with Gasteiger partial charge in [-0.15, -0.1) is 0 Å². The van der Waals surface area contributed by atoms with Crippen molar-refractivity contribution in [3.05, 3.63) is 333 Å². The summed E-state index contributed by atoms with van der Waals surface area (Å²) in [5.74, 6) is -23.1. The first kappa shape index (κ1) is 73.6. The first-order valence-electron chi connectivity index (χ1n) is 31.3. The Morgan fingerprint density at radius 3 is 0.610 bits per heavy atom. The molecule has 0 heterocycles. The molecule has 12 aromatic rings. The summed E-state index contributed by atoms with van der Waals surface area (Å²) in [6, 6.07) is 48.6. The minimum Gasteiger partial charge on any atom is -0.206 e. The Morgan fingerprint density at radius 1 is 0.180 bits per heavy atom. The van der Waals surface area contributed by atoms with Crippen molar-refractivity contribution in [3.8, 4) is 89.0 Å². The summed E-state index contributed by atoms with van der Waals surface area (Å²) in [5.41, 5.74) is 7.34. The van der Waals surface area contributed by atoms with Crippen LogP contribution in [0.5, 0.6) is 0 Å². The maximum absolute atomic E-state index is 14.5. The highest BCUT2D eigenvalue weighted by atomic mass is 19.2. The van der Waals surface area contributed by atoms with Gasteiger partial charge in [-0.05, 0) is 200 Å². The molecule has 0 aliphatic rings. The first-order valence-corrected chi connectivity index (χ1v) is 31.3. The van der Waals surface area contributed by atoms with Crippen LogP contribution in [0.1, 0.15) is 62.8 Å². The molecule has 0 saturated carbocycles. The van der Waals surface area contributed by atoms with E-state index < -0.39 is 127 Å². The number of benzene rings is 12. The fraction of sp³-hybridized carbons (Fsp3) is 0.122. The lowest BCUT2D eigenvalue weighted by Crippen LogP contribution is -1.97. The van der Waals surface area contributed by atoms with Crippen LogP contribution < -0.4 is 0 Å². The molecule has 0 aromatic heterocycles. The van der Waals surface area contributed by atoms with Gasteiger partial charge in [0.05, 0.1) is 11.1 Å². The second-order valence-electron chi connectivity index (χ2n) is 23.0. The highest BCUT2D eigenvalue weighted by molar-refractivity contribution is 5.76. The van der Waals surface area contributed by atoms with Crippen LogP contribution in [0.3, 0.4) is 0 Å². The largest absolute Gasteiger partial charge is 0.206 e. The van der Waals surface area contributed by atoms with Crippen LogP contribution in [0, 0.1) is 105 Å². The van der Waals surface area contributed by atoms with Crippen molar-refractivity contribution >= 4 is 0 Å². The van der Waals surface area contributed by atoms with Crippen LogP contribution in [0.25, 0.3) is 89.0 Å². The van der Waals surface area contributed by atoms with Gasteiger partial charge in [-0.25, -0.2) is 79.0 Å². The zero-order valence-electron chi connectivity index (χ0n) is 53.7. The van der Waals surface area contributed by atoms with E-state index in [0.717, 1.165) is 109 Å². The molecule has 12 rings (SSSR count). The fourth-order valence-corrected chi connectivity index (χ4v) is 10.9. The monoisotopic (exact) mass is 1380 g/mol. The van der Waals surface area contributed by atoms with E-state index in [4.69, 9.17) is 0 Å². The van der Waals surface area contributed by atoms with Crippen molar-refractivity contribution in [1.29, 1.82) is 0 Å². The number of hydrogen-bond acceptors (Lipinski definition) is 0. The number of halogens is 18. The molecule has 18 heteroatoms. The Hall–Kier alpha value is -10.6. The van der Waals surface area contributed by atoms with Crippen LogP contribution in [0.2, 0.25) is 0 Å². The first-order chi connectivity index (χ1) is 47.8. The van der Waals surface area contributed by atoms with Crippen LogP contribution in [-0.4, -0.2) is 0 Å². The summed E-state index contributed by atoms with van der Waals surface area (Å²) >= 11 is 0. The van der Waals surface area contributed by atoms with Crippen molar-refractivity contribution in [1.82, 2.24) is 0 Å². The lowest BCUT2D eigenvalue weighted by Gasteiger charge is -2.10. The van der Waals surface area contributed by atoms with E-state index in [1.807, 2.05) is 86.6 Å². The number of hydrogen-bond donors (Lipinski definition) is 0. The van der Waals surface area contributed by atoms with Gasteiger partial charge in [-0.1, -0.05) is 162 Å². The van der Waals surface area contributed by atoms with Gasteiger partial charge in [0.1, 0.15) is 34.9 Å². The van der Waals surface area contributed by atoms with E-state index in [0.29, 0.717) is 57.6 Å². The van der Waals surface area contributed by atoms with Crippen LogP contribution in [0.4, 0.5) is 79.0 Å². The summed E-state index contributed by atoms with van der Waals surface area (Å²) in [5, 5.41) is 0. The third-order valence-electron chi connectivity index (χ3n) is 16.2. The maximum atomic E-state index is 14.5. The lowest BCUT2D eigenvalue weighted by molar-refractivity contribution is 0.447. The zero-order chi connectivity index (χ0) is 72.2. The number of aryl methyl sites for hydroxylation is 4. The minimum absolute atomic E-state index is 0.0155. The van der Waals surface area contributed by atoms with Gasteiger partial charge in [-0.3, -0.25) is 0 Å². The predicted molar refractivity (Wildman–Crippen MR) is 355 cm³/mol. The van der Waals surface area contributed by atoms with Gasteiger partial charge in [0, 0.05) is 11.1 Å². The summed E-state index contributed by atoms with van der Waals surface area (Å²) in [7, 11) is 0. The van der Waals surface area contributed by atoms with E-state index in [9.17, 15) is 79.0 Å². The molecule has 0 spiro atoms. The topological polar surface area (TPSA) is 0 Å². The van der Waals surface area contributed by atoms with Gasteiger partial charge in [0.15, 0.2) is 69.8 Å². The molecule has 0 nitrogen and oxygen atoms in total. The Balaban J connectivity index is 0.000000156. The van der Waals surface area contributed by atoms with Gasteiger partial charge >= 0.3 is 0 Å². The average molecular weight is 1390 g/mol. The molecule has 12 aromatic carbocycles. The molecular formula is C82H58F18. The summed E-state index contributed by atoms with van der Waals surface area (Å²) in [6.07, 6.45) is 5.67.